The third-order valence-electron chi connectivity index (χ3n) is 1.87. The van der Waals surface area contributed by atoms with Gasteiger partial charge in [-0.15, -0.1) is 0 Å². The minimum absolute atomic E-state index is 0.647. The van der Waals surface area contributed by atoms with Crippen LogP contribution in [0, 0.1) is 0 Å². The predicted molar refractivity (Wildman–Crippen MR) is 61.0 cm³/mol. The number of ether oxygens (including phenoxy) is 1. The van der Waals surface area contributed by atoms with Crippen LogP contribution in [0.5, 0.6) is 0 Å². The standard InChI is InChI=1S/C8H19OP.BF4/c1-4-8(5-2)10-7-6-9-3;2-1(3,4)5/h8,10H,4-7H2,1-3H3;/q;-1/p+1. The summed E-state index contributed by atoms with van der Waals surface area (Å²) in [4.78, 5) is 0. The second kappa shape index (κ2) is 10.7. The Labute approximate surface area is 90.8 Å². The number of methoxy groups -OCH3 is 1. The zero-order valence-corrected chi connectivity index (χ0v) is 10.6. The summed E-state index contributed by atoms with van der Waals surface area (Å²) >= 11 is 0. The van der Waals surface area contributed by atoms with Gasteiger partial charge in [0.1, 0.15) is 0 Å². The van der Waals surface area contributed by atoms with Crippen LogP contribution in [0.1, 0.15) is 26.7 Å². The Bertz CT molecular complexity index is 124. The van der Waals surface area contributed by atoms with E-state index in [4.69, 9.17) is 4.74 Å². The van der Waals surface area contributed by atoms with Crippen molar-refractivity contribution in [2.75, 3.05) is 19.9 Å². The van der Waals surface area contributed by atoms with Crippen LogP contribution in [-0.4, -0.2) is 32.8 Å². The average Bonchev–Trinajstić information content (AvgIpc) is 2.10. The predicted octanol–water partition coefficient (Wildman–Crippen LogP) is 3.53. The second-order valence-corrected chi connectivity index (χ2v) is 5.08. The molecular formula is C8H20BF4OP. The van der Waals surface area contributed by atoms with Gasteiger partial charge in [0.2, 0.25) is 0 Å². The minimum Gasteiger partial charge on any atom is -0.418 e. The molecule has 0 aliphatic heterocycles. The molecule has 7 heteroatoms. The molecule has 0 amide bonds. The SMILES string of the molecule is CCC(CC)[PH2+]CCOC.F[B-](F)(F)F. The van der Waals surface area contributed by atoms with Crippen molar-refractivity contribution in [2.45, 2.75) is 32.3 Å². The van der Waals surface area contributed by atoms with Crippen molar-refractivity contribution in [3.63, 3.8) is 0 Å². The molecule has 0 aliphatic carbocycles. The largest absolute Gasteiger partial charge is 0.673 e. The number of hydrogen-bond acceptors (Lipinski definition) is 1. The van der Waals surface area contributed by atoms with Crippen molar-refractivity contribution in [1.29, 1.82) is 0 Å². The van der Waals surface area contributed by atoms with Gasteiger partial charge in [0.25, 0.3) is 0 Å². The molecule has 0 fully saturated rings. The maximum atomic E-state index is 9.75. The van der Waals surface area contributed by atoms with Crippen LogP contribution >= 0.6 is 8.58 Å². The summed E-state index contributed by atoms with van der Waals surface area (Å²) < 4.78 is 44.0. The van der Waals surface area contributed by atoms with Crippen LogP contribution in [-0.2, 0) is 4.74 Å². The molecule has 1 nitrogen and oxygen atoms in total. The van der Waals surface area contributed by atoms with E-state index in [0.717, 1.165) is 12.3 Å². The lowest BCUT2D eigenvalue weighted by atomic mass is 10.3. The third kappa shape index (κ3) is 25.0. The van der Waals surface area contributed by atoms with E-state index in [1.807, 2.05) is 0 Å². The first-order chi connectivity index (χ1) is 6.85. The van der Waals surface area contributed by atoms with E-state index in [2.05, 4.69) is 13.8 Å². The number of halogens is 4. The van der Waals surface area contributed by atoms with Crippen LogP contribution < -0.4 is 0 Å². The Kier molecular flexibility index (Phi) is 12.5. The first-order valence-corrected chi connectivity index (χ1v) is 6.53. The lowest BCUT2D eigenvalue weighted by Crippen LogP contribution is -2.02. The highest BCUT2D eigenvalue weighted by atomic mass is 31.1. The minimum atomic E-state index is -6.00. The highest BCUT2D eigenvalue weighted by Crippen LogP contribution is 2.23. The summed E-state index contributed by atoms with van der Waals surface area (Å²) in [5, 5.41) is 0. The summed E-state index contributed by atoms with van der Waals surface area (Å²) in [5.41, 5.74) is 1.01. The van der Waals surface area contributed by atoms with Crippen LogP contribution in [0.2, 0.25) is 0 Å². The van der Waals surface area contributed by atoms with Crippen molar-refractivity contribution in [2.24, 2.45) is 0 Å². The Morgan fingerprint density at radius 3 is 1.80 bits per heavy atom. The van der Waals surface area contributed by atoms with E-state index in [1.165, 1.54) is 19.0 Å². The Hall–Kier alpha value is 0.175. The second-order valence-electron chi connectivity index (χ2n) is 3.09. The fraction of sp³-hybridized carbons (Fsp3) is 1.00. The quantitative estimate of drug-likeness (QED) is 0.303. The van der Waals surface area contributed by atoms with E-state index in [9.17, 15) is 17.3 Å². The normalized spacial score (nSPS) is 12.0. The molecule has 0 saturated heterocycles. The number of rotatable bonds is 6. The van der Waals surface area contributed by atoms with Crippen LogP contribution in [0.4, 0.5) is 17.3 Å². The van der Waals surface area contributed by atoms with Gasteiger partial charge in [0.15, 0.2) is 0 Å². The topological polar surface area (TPSA) is 9.23 Å². The molecule has 0 saturated carbocycles. The Morgan fingerprint density at radius 2 is 1.53 bits per heavy atom. The van der Waals surface area contributed by atoms with Gasteiger partial charge in [-0.1, -0.05) is 13.8 Å². The van der Waals surface area contributed by atoms with E-state index >= 15 is 0 Å². The van der Waals surface area contributed by atoms with Crippen LogP contribution in [0.25, 0.3) is 0 Å². The molecule has 0 aliphatic rings. The van der Waals surface area contributed by atoms with Crippen molar-refractivity contribution in [3.8, 4) is 0 Å². The first kappa shape index (κ1) is 17.6. The Balaban J connectivity index is 0. The maximum Gasteiger partial charge on any atom is 0.673 e. The molecule has 94 valence electrons. The van der Waals surface area contributed by atoms with Gasteiger partial charge in [-0.05, 0) is 21.4 Å². The third-order valence-corrected chi connectivity index (χ3v) is 4.05. The first-order valence-electron chi connectivity index (χ1n) is 5.04. The molecule has 0 rings (SSSR count). The zero-order chi connectivity index (χ0) is 12.3. The van der Waals surface area contributed by atoms with Gasteiger partial charge in [-0.25, -0.2) is 0 Å². The van der Waals surface area contributed by atoms with Gasteiger partial charge in [0.05, 0.1) is 18.4 Å². The molecule has 0 spiro atoms. The smallest absolute Gasteiger partial charge is 0.418 e. The molecule has 0 bridgehead atoms. The van der Waals surface area contributed by atoms with Crippen molar-refractivity contribution < 1.29 is 22.0 Å². The molecule has 0 heterocycles. The molecule has 15 heavy (non-hydrogen) atoms. The van der Waals surface area contributed by atoms with E-state index < -0.39 is 7.25 Å². The summed E-state index contributed by atoms with van der Waals surface area (Å²) in [6.07, 6.45) is 4.02. The lowest BCUT2D eigenvalue weighted by molar-refractivity contribution is 0.218. The fourth-order valence-electron chi connectivity index (χ4n) is 1.04. The lowest BCUT2D eigenvalue weighted by Gasteiger charge is -2.04. The van der Waals surface area contributed by atoms with Crippen molar-refractivity contribution in [1.82, 2.24) is 0 Å². The highest BCUT2D eigenvalue weighted by Gasteiger charge is 2.20. The molecule has 1 atom stereocenters. The molecule has 0 aromatic rings. The van der Waals surface area contributed by atoms with Crippen molar-refractivity contribution >= 4 is 15.8 Å². The molecule has 0 radical (unpaired) electrons. The summed E-state index contributed by atoms with van der Waals surface area (Å²) in [5.74, 6) is 0. The van der Waals surface area contributed by atoms with Gasteiger partial charge in [0, 0.05) is 7.11 Å². The Morgan fingerprint density at radius 1 is 1.13 bits per heavy atom. The monoisotopic (exact) mass is 250 g/mol. The van der Waals surface area contributed by atoms with Crippen LogP contribution in [0.3, 0.4) is 0 Å². The molecular weight excluding hydrogens is 230 g/mol. The maximum absolute atomic E-state index is 9.75. The van der Waals surface area contributed by atoms with Gasteiger partial charge < -0.3 is 22.0 Å². The van der Waals surface area contributed by atoms with E-state index in [1.54, 1.807) is 7.11 Å². The molecule has 0 N–H and O–H groups in total. The fourth-order valence-corrected chi connectivity index (χ4v) is 2.55. The number of hydrogen-bond donors (Lipinski definition) is 0. The van der Waals surface area contributed by atoms with Crippen molar-refractivity contribution in [3.05, 3.63) is 0 Å². The summed E-state index contributed by atoms with van der Waals surface area (Å²) in [6, 6.07) is 0. The zero-order valence-electron chi connectivity index (χ0n) is 9.48. The highest BCUT2D eigenvalue weighted by molar-refractivity contribution is 7.38. The van der Waals surface area contributed by atoms with E-state index in [-0.39, 0.29) is 0 Å². The average molecular weight is 250 g/mol. The van der Waals surface area contributed by atoms with E-state index in [0.29, 0.717) is 8.58 Å². The summed E-state index contributed by atoms with van der Waals surface area (Å²) in [7, 11) is -3.57. The van der Waals surface area contributed by atoms with Gasteiger partial charge >= 0.3 is 7.25 Å². The van der Waals surface area contributed by atoms with Gasteiger partial charge in [-0.2, -0.15) is 0 Å². The summed E-state index contributed by atoms with van der Waals surface area (Å²) in [6.45, 7) is 5.54. The molecule has 0 aromatic heterocycles. The molecule has 0 aromatic carbocycles. The van der Waals surface area contributed by atoms with Crippen LogP contribution in [0.15, 0.2) is 0 Å². The van der Waals surface area contributed by atoms with Gasteiger partial charge in [-0.3, -0.25) is 0 Å². The molecule has 1 unspecified atom stereocenters.